The summed E-state index contributed by atoms with van der Waals surface area (Å²) >= 11 is 0. The standard InChI is InChI=1S/C22H27N3O2/c1-16-8-9-19(20(26)23-16)21(27)25-12-10-22(11-13-25)14-18(15-24(22)2)17-6-4-3-5-7-17/h3-9,18H,10-15H2,1-2H3,(H,23,26)/t18-/m1/s1. The smallest absolute Gasteiger partial charge is 0.260 e. The summed E-state index contributed by atoms with van der Waals surface area (Å²) in [5.74, 6) is 0.407. The van der Waals surface area contributed by atoms with Crippen LogP contribution in [-0.4, -0.2) is 52.9 Å². The maximum absolute atomic E-state index is 12.8. The zero-order valence-electron chi connectivity index (χ0n) is 16.1. The van der Waals surface area contributed by atoms with E-state index in [0.717, 1.165) is 31.5 Å². The van der Waals surface area contributed by atoms with E-state index in [1.165, 1.54) is 5.56 Å². The molecule has 2 aromatic rings. The molecular weight excluding hydrogens is 338 g/mol. The predicted molar refractivity (Wildman–Crippen MR) is 106 cm³/mol. The zero-order valence-corrected chi connectivity index (χ0v) is 16.1. The Kier molecular flexibility index (Phi) is 4.64. The monoisotopic (exact) mass is 365 g/mol. The van der Waals surface area contributed by atoms with Crippen LogP contribution in [0.15, 0.2) is 47.3 Å². The third-order valence-electron chi connectivity index (χ3n) is 6.47. The number of carbonyl (C=O) groups excluding carboxylic acids is 1. The number of amides is 1. The molecule has 0 saturated carbocycles. The summed E-state index contributed by atoms with van der Waals surface area (Å²) in [6.45, 7) is 4.30. The van der Waals surface area contributed by atoms with Crippen LogP contribution in [0, 0.1) is 6.92 Å². The summed E-state index contributed by atoms with van der Waals surface area (Å²) in [5.41, 5.74) is 2.30. The van der Waals surface area contributed by atoms with Gasteiger partial charge < -0.3 is 9.88 Å². The molecule has 5 nitrogen and oxygen atoms in total. The number of H-pyrrole nitrogens is 1. The highest BCUT2D eigenvalue weighted by atomic mass is 16.2. The van der Waals surface area contributed by atoms with Gasteiger partial charge in [-0.3, -0.25) is 14.5 Å². The van der Waals surface area contributed by atoms with Crippen molar-refractivity contribution in [2.45, 2.75) is 37.6 Å². The SMILES string of the molecule is Cc1ccc(C(=O)N2CCC3(CC2)C[C@@H](c2ccccc2)CN3C)c(=O)[nH]1. The summed E-state index contributed by atoms with van der Waals surface area (Å²) in [6, 6.07) is 14.2. The van der Waals surface area contributed by atoms with Crippen LogP contribution in [0.3, 0.4) is 0 Å². The molecule has 2 fully saturated rings. The van der Waals surface area contributed by atoms with Crippen molar-refractivity contribution in [2.24, 2.45) is 0 Å². The third-order valence-corrected chi connectivity index (χ3v) is 6.47. The second kappa shape index (κ2) is 6.97. The highest BCUT2D eigenvalue weighted by molar-refractivity contribution is 5.93. The fraction of sp³-hybridized carbons (Fsp3) is 0.455. The Morgan fingerprint density at radius 2 is 1.81 bits per heavy atom. The second-order valence-corrected chi connectivity index (χ2v) is 8.09. The predicted octanol–water partition coefficient (Wildman–Crippen LogP) is 2.78. The van der Waals surface area contributed by atoms with E-state index < -0.39 is 0 Å². The van der Waals surface area contributed by atoms with Gasteiger partial charge in [-0.25, -0.2) is 0 Å². The van der Waals surface area contributed by atoms with Gasteiger partial charge in [0.05, 0.1) is 0 Å². The highest BCUT2D eigenvalue weighted by Gasteiger charge is 2.46. The van der Waals surface area contributed by atoms with Gasteiger partial charge in [0.2, 0.25) is 0 Å². The maximum Gasteiger partial charge on any atom is 0.260 e. The Balaban J connectivity index is 1.45. The number of nitrogens with one attached hydrogen (secondary N) is 1. The van der Waals surface area contributed by atoms with E-state index >= 15 is 0 Å². The van der Waals surface area contributed by atoms with Crippen LogP contribution in [0.25, 0.3) is 0 Å². The van der Waals surface area contributed by atoms with Crippen molar-refractivity contribution < 1.29 is 4.79 Å². The number of likely N-dealkylation sites (N-methyl/N-ethyl adjacent to an activating group) is 1. The first-order valence-electron chi connectivity index (χ1n) is 9.74. The summed E-state index contributed by atoms with van der Waals surface area (Å²) in [6.07, 6.45) is 3.06. The van der Waals surface area contributed by atoms with Gasteiger partial charge in [0, 0.05) is 30.9 Å². The van der Waals surface area contributed by atoms with Gasteiger partial charge in [-0.15, -0.1) is 0 Å². The number of carbonyl (C=O) groups is 1. The third kappa shape index (κ3) is 3.32. The number of pyridine rings is 1. The molecule has 1 aromatic carbocycles. The van der Waals surface area contributed by atoms with Gasteiger partial charge in [0.1, 0.15) is 5.56 Å². The van der Waals surface area contributed by atoms with Crippen LogP contribution in [-0.2, 0) is 0 Å². The van der Waals surface area contributed by atoms with Crippen LogP contribution in [0.5, 0.6) is 0 Å². The van der Waals surface area contributed by atoms with E-state index in [2.05, 4.69) is 47.3 Å². The molecule has 0 radical (unpaired) electrons. The molecule has 4 rings (SSSR count). The van der Waals surface area contributed by atoms with Gasteiger partial charge in [-0.1, -0.05) is 30.3 Å². The molecule has 1 amide bonds. The minimum atomic E-state index is -0.289. The first-order valence-corrected chi connectivity index (χ1v) is 9.74. The number of hydrogen-bond donors (Lipinski definition) is 1. The summed E-state index contributed by atoms with van der Waals surface area (Å²) in [7, 11) is 2.21. The number of benzene rings is 1. The molecular formula is C22H27N3O2. The molecule has 1 aromatic heterocycles. The van der Waals surface area contributed by atoms with E-state index in [1.54, 1.807) is 12.1 Å². The molecule has 27 heavy (non-hydrogen) atoms. The average molecular weight is 365 g/mol. The first kappa shape index (κ1) is 18.0. The molecule has 1 spiro atoms. The van der Waals surface area contributed by atoms with Gasteiger partial charge >= 0.3 is 0 Å². The Morgan fingerprint density at radius 3 is 2.48 bits per heavy atom. The van der Waals surface area contributed by atoms with Crippen LogP contribution in [0.4, 0.5) is 0 Å². The van der Waals surface area contributed by atoms with Crippen molar-refractivity contribution in [3.63, 3.8) is 0 Å². The minimum Gasteiger partial charge on any atom is -0.338 e. The van der Waals surface area contributed by atoms with Gasteiger partial charge in [0.15, 0.2) is 0 Å². The lowest BCUT2D eigenvalue weighted by Gasteiger charge is -2.43. The Hall–Kier alpha value is -2.40. The zero-order chi connectivity index (χ0) is 19.0. The molecule has 3 heterocycles. The van der Waals surface area contributed by atoms with Gasteiger partial charge in [-0.05, 0) is 56.8 Å². The number of aromatic amines is 1. The summed E-state index contributed by atoms with van der Waals surface area (Å²) in [4.78, 5) is 32.0. The Labute approximate surface area is 160 Å². The molecule has 2 aliphatic rings. The van der Waals surface area contributed by atoms with E-state index in [4.69, 9.17) is 0 Å². The molecule has 0 bridgehead atoms. The Bertz CT molecular complexity index is 882. The fourth-order valence-corrected chi connectivity index (χ4v) is 4.77. The van der Waals surface area contributed by atoms with Crippen molar-refractivity contribution in [1.82, 2.24) is 14.8 Å². The van der Waals surface area contributed by atoms with Crippen molar-refractivity contribution in [1.29, 1.82) is 0 Å². The van der Waals surface area contributed by atoms with Crippen LogP contribution >= 0.6 is 0 Å². The normalized spacial score (nSPS) is 22.3. The van der Waals surface area contributed by atoms with Crippen molar-refractivity contribution >= 4 is 5.91 Å². The Morgan fingerprint density at radius 1 is 1.11 bits per heavy atom. The number of hydrogen-bond acceptors (Lipinski definition) is 3. The largest absolute Gasteiger partial charge is 0.338 e. The molecule has 5 heteroatoms. The van der Waals surface area contributed by atoms with Gasteiger partial charge in [-0.2, -0.15) is 0 Å². The number of nitrogens with zero attached hydrogens (tertiary/aromatic N) is 2. The molecule has 2 saturated heterocycles. The van der Waals surface area contributed by atoms with E-state index in [1.807, 2.05) is 11.8 Å². The van der Waals surface area contributed by atoms with Gasteiger partial charge in [0.25, 0.3) is 11.5 Å². The number of piperidine rings is 1. The number of likely N-dealkylation sites (tertiary alicyclic amines) is 2. The quantitative estimate of drug-likeness (QED) is 0.890. The first-order chi connectivity index (χ1) is 13.0. The van der Waals surface area contributed by atoms with E-state index in [-0.39, 0.29) is 22.6 Å². The van der Waals surface area contributed by atoms with Crippen molar-refractivity contribution in [3.05, 3.63) is 69.6 Å². The van der Waals surface area contributed by atoms with Crippen molar-refractivity contribution in [2.75, 3.05) is 26.7 Å². The number of rotatable bonds is 2. The highest BCUT2D eigenvalue weighted by Crippen LogP contribution is 2.44. The molecule has 2 aliphatic heterocycles. The van der Waals surface area contributed by atoms with Crippen LogP contribution in [0.2, 0.25) is 0 Å². The lowest BCUT2D eigenvalue weighted by atomic mass is 9.81. The lowest BCUT2D eigenvalue weighted by Crippen LogP contribution is -2.52. The topological polar surface area (TPSA) is 56.4 Å². The van der Waals surface area contributed by atoms with E-state index in [9.17, 15) is 9.59 Å². The average Bonchev–Trinajstić information content (AvgIpc) is 2.99. The summed E-state index contributed by atoms with van der Waals surface area (Å²) < 4.78 is 0. The molecule has 142 valence electrons. The molecule has 1 N–H and O–H groups in total. The fourth-order valence-electron chi connectivity index (χ4n) is 4.77. The number of aryl methyl sites for hydroxylation is 1. The van der Waals surface area contributed by atoms with Crippen molar-refractivity contribution in [3.8, 4) is 0 Å². The molecule has 0 unspecified atom stereocenters. The van der Waals surface area contributed by atoms with Crippen LogP contribution < -0.4 is 5.56 Å². The van der Waals surface area contributed by atoms with E-state index in [0.29, 0.717) is 19.0 Å². The number of aromatic nitrogens is 1. The maximum atomic E-state index is 12.8. The summed E-state index contributed by atoms with van der Waals surface area (Å²) in [5, 5.41) is 0. The van der Waals surface area contributed by atoms with Crippen LogP contribution in [0.1, 0.15) is 46.8 Å². The minimum absolute atomic E-state index is 0.147. The molecule has 1 atom stereocenters. The second-order valence-electron chi connectivity index (χ2n) is 8.09. The molecule has 0 aliphatic carbocycles. The lowest BCUT2D eigenvalue weighted by molar-refractivity contribution is 0.0490.